The molecule has 3 amide bonds. The minimum Gasteiger partial charge on any atom is -0.480 e. The predicted molar refractivity (Wildman–Crippen MR) is 152 cm³/mol. The molecule has 2 aromatic rings. The standard InChI is InChI=1S/C29H45N5O5/c1-7-17(5)24(30)27(36)32-22(13-16(3)4)26(35)34-25(18(6)8-2)28(37)33-23(29(38)39)14-19-15-31-21-12-10-9-11-20(19)21/h9-12,15-18,22-25,31H,7-8,13-14,30H2,1-6H3,(H,32,36)(H,33,37)(H,34,35)(H,38,39). The zero-order valence-corrected chi connectivity index (χ0v) is 23.9. The van der Waals surface area contributed by atoms with Crippen LogP contribution in [0.1, 0.15) is 66.4 Å². The molecule has 0 saturated carbocycles. The van der Waals surface area contributed by atoms with Crippen molar-refractivity contribution in [2.45, 2.75) is 91.4 Å². The lowest BCUT2D eigenvalue weighted by atomic mass is 9.95. The Morgan fingerprint density at radius 1 is 0.872 bits per heavy atom. The summed E-state index contributed by atoms with van der Waals surface area (Å²) >= 11 is 0. The molecule has 6 unspecified atom stereocenters. The zero-order valence-electron chi connectivity index (χ0n) is 23.9. The third-order valence-electron chi connectivity index (χ3n) is 7.41. The van der Waals surface area contributed by atoms with E-state index in [-0.39, 0.29) is 24.2 Å². The summed E-state index contributed by atoms with van der Waals surface area (Å²) in [7, 11) is 0. The molecule has 6 atom stereocenters. The molecule has 7 N–H and O–H groups in total. The van der Waals surface area contributed by atoms with Crippen LogP contribution < -0.4 is 21.7 Å². The highest BCUT2D eigenvalue weighted by Crippen LogP contribution is 2.20. The normalized spacial score (nSPS) is 16.1. The molecule has 39 heavy (non-hydrogen) atoms. The number of carboxylic acids is 1. The van der Waals surface area contributed by atoms with E-state index < -0.39 is 47.9 Å². The first-order chi connectivity index (χ1) is 18.4. The van der Waals surface area contributed by atoms with Crippen molar-refractivity contribution < 1.29 is 24.3 Å². The van der Waals surface area contributed by atoms with Crippen LogP contribution >= 0.6 is 0 Å². The van der Waals surface area contributed by atoms with E-state index in [9.17, 15) is 24.3 Å². The van der Waals surface area contributed by atoms with Crippen LogP contribution in [0.4, 0.5) is 0 Å². The number of carboxylic acid groups (broad SMARTS) is 1. The second-order valence-corrected chi connectivity index (χ2v) is 10.9. The van der Waals surface area contributed by atoms with E-state index in [1.165, 1.54) is 0 Å². The zero-order chi connectivity index (χ0) is 29.3. The third-order valence-corrected chi connectivity index (χ3v) is 7.41. The summed E-state index contributed by atoms with van der Waals surface area (Å²) in [6, 6.07) is 3.71. The maximum absolute atomic E-state index is 13.4. The lowest BCUT2D eigenvalue weighted by Gasteiger charge is -2.29. The molecule has 0 aliphatic heterocycles. The van der Waals surface area contributed by atoms with Crippen molar-refractivity contribution in [1.82, 2.24) is 20.9 Å². The number of hydrogen-bond donors (Lipinski definition) is 6. The topological polar surface area (TPSA) is 166 Å². The molecular formula is C29H45N5O5. The number of fused-ring (bicyclic) bond motifs is 1. The fourth-order valence-electron chi connectivity index (χ4n) is 4.42. The Hall–Kier alpha value is -3.40. The molecule has 0 saturated heterocycles. The molecule has 1 aromatic heterocycles. The van der Waals surface area contributed by atoms with Crippen molar-refractivity contribution in [3.05, 3.63) is 36.0 Å². The summed E-state index contributed by atoms with van der Waals surface area (Å²) in [4.78, 5) is 54.7. The highest BCUT2D eigenvalue weighted by Gasteiger charge is 2.33. The minimum absolute atomic E-state index is 0.0588. The molecule has 10 nitrogen and oxygen atoms in total. The second kappa shape index (κ2) is 14.7. The average Bonchev–Trinajstić information content (AvgIpc) is 3.31. The molecule has 0 bridgehead atoms. The number of rotatable bonds is 15. The van der Waals surface area contributed by atoms with Crippen LogP contribution in [0, 0.1) is 17.8 Å². The van der Waals surface area contributed by atoms with Gasteiger partial charge in [-0.15, -0.1) is 0 Å². The van der Waals surface area contributed by atoms with Crippen LogP contribution in [0.2, 0.25) is 0 Å². The number of nitrogens with one attached hydrogen (secondary N) is 4. The molecule has 216 valence electrons. The Morgan fingerprint density at radius 2 is 1.49 bits per heavy atom. The molecule has 0 radical (unpaired) electrons. The van der Waals surface area contributed by atoms with Gasteiger partial charge in [0.05, 0.1) is 6.04 Å². The molecule has 10 heteroatoms. The summed E-state index contributed by atoms with van der Waals surface area (Å²) in [5.74, 6) is -2.94. The smallest absolute Gasteiger partial charge is 0.326 e. The number of amides is 3. The Bertz CT molecular complexity index is 1130. The van der Waals surface area contributed by atoms with E-state index in [1.54, 1.807) is 6.20 Å². The molecule has 1 heterocycles. The van der Waals surface area contributed by atoms with Gasteiger partial charge in [-0.2, -0.15) is 0 Å². The van der Waals surface area contributed by atoms with Crippen molar-refractivity contribution in [3.8, 4) is 0 Å². The third kappa shape index (κ3) is 8.81. The van der Waals surface area contributed by atoms with Gasteiger partial charge in [-0.05, 0) is 35.8 Å². The predicted octanol–water partition coefficient (Wildman–Crippen LogP) is 2.72. The van der Waals surface area contributed by atoms with Gasteiger partial charge in [0.2, 0.25) is 17.7 Å². The number of nitrogens with two attached hydrogens (primary N) is 1. The number of carbonyl (C=O) groups excluding carboxylic acids is 3. The summed E-state index contributed by atoms with van der Waals surface area (Å²) in [5, 5.41) is 18.9. The van der Waals surface area contributed by atoms with Crippen LogP contribution in [0.3, 0.4) is 0 Å². The summed E-state index contributed by atoms with van der Waals surface area (Å²) in [6.07, 6.45) is 3.46. The maximum atomic E-state index is 13.4. The van der Waals surface area contributed by atoms with Crippen LogP contribution in [-0.4, -0.2) is 57.9 Å². The molecular weight excluding hydrogens is 498 g/mol. The second-order valence-electron chi connectivity index (χ2n) is 10.9. The Balaban J connectivity index is 2.20. The van der Waals surface area contributed by atoms with Gasteiger partial charge in [-0.25, -0.2) is 4.79 Å². The fourth-order valence-corrected chi connectivity index (χ4v) is 4.42. The Morgan fingerprint density at radius 3 is 2.08 bits per heavy atom. The number of carbonyl (C=O) groups is 4. The fraction of sp³-hybridized carbons (Fsp3) is 0.586. The summed E-state index contributed by atoms with van der Waals surface area (Å²) < 4.78 is 0. The van der Waals surface area contributed by atoms with Crippen LogP contribution in [0.25, 0.3) is 10.9 Å². The largest absolute Gasteiger partial charge is 0.480 e. The van der Waals surface area contributed by atoms with E-state index in [2.05, 4.69) is 20.9 Å². The van der Waals surface area contributed by atoms with Crippen LogP contribution in [0.15, 0.2) is 30.5 Å². The number of aromatic amines is 1. The van der Waals surface area contributed by atoms with Gasteiger partial charge < -0.3 is 31.8 Å². The molecule has 0 fully saturated rings. The van der Waals surface area contributed by atoms with Crippen LogP contribution in [0.5, 0.6) is 0 Å². The van der Waals surface area contributed by atoms with Gasteiger partial charge in [0.15, 0.2) is 0 Å². The first kappa shape index (κ1) is 31.8. The number of para-hydroxylation sites is 1. The first-order valence-corrected chi connectivity index (χ1v) is 13.8. The number of aromatic nitrogens is 1. The van der Waals surface area contributed by atoms with Gasteiger partial charge in [-0.1, -0.05) is 72.6 Å². The quantitative estimate of drug-likeness (QED) is 0.202. The summed E-state index contributed by atoms with van der Waals surface area (Å²) in [6.45, 7) is 11.4. The van der Waals surface area contributed by atoms with E-state index in [0.717, 1.165) is 22.9 Å². The molecule has 0 aliphatic rings. The van der Waals surface area contributed by atoms with Gasteiger partial charge in [0, 0.05) is 23.5 Å². The van der Waals surface area contributed by atoms with Crippen molar-refractivity contribution in [3.63, 3.8) is 0 Å². The highest BCUT2D eigenvalue weighted by atomic mass is 16.4. The van der Waals surface area contributed by atoms with E-state index in [4.69, 9.17) is 5.73 Å². The van der Waals surface area contributed by atoms with Gasteiger partial charge >= 0.3 is 5.97 Å². The van der Waals surface area contributed by atoms with E-state index in [0.29, 0.717) is 12.8 Å². The van der Waals surface area contributed by atoms with Gasteiger partial charge in [0.1, 0.15) is 18.1 Å². The van der Waals surface area contributed by atoms with E-state index in [1.807, 2.05) is 65.8 Å². The average molecular weight is 544 g/mol. The lowest BCUT2D eigenvalue weighted by Crippen LogP contribution is -2.59. The lowest BCUT2D eigenvalue weighted by molar-refractivity contribution is -0.142. The minimum atomic E-state index is -1.19. The van der Waals surface area contributed by atoms with Crippen molar-refractivity contribution in [2.24, 2.45) is 23.5 Å². The highest BCUT2D eigenvalue weighted by molar-refractivity contribution is 5.94. The molecule has 1 aromatic carbocycles. The van der Waals surface area contributed by atoms with E-state index >= 15 is 0 Å². The van der Waals surface area contributed by atoms with Crippen molar-refractivity contribution in [2.75, 3.05) is 0 Å². The number of hydrogen-bond acceptors (Lipinski definition) is 5. The number of H-pyrrole nitrogens is 1. The molecule has 0 aliphatic carbocycles. The number of aliphatic carboxylic acids is 1. The van der Waals surface area contributed by atoms with Crippen LogP contribution in [-0.2, 0) is 25.6 Å². The van der Waals surface area contributed by atoms with Crippen molar-refractivity contribution in [1.29, 1.82) is 0 Å². The van der Waals surface area contributed by atoms with Crippen molar-refractivity contribution >= 4 is 34.6 Å². The molecule has 2 rings (SSSR count). The number of benzene rings is 1. The maximum Gasteiger partial charge on any atom is 0.326 e. The Labute approximate surface area is 230 Å². The van der Waals surface area contributed by atoms with Gasteiger partial charge in [0.25, 0.3) is 0 Å². The summed E-state index contributed by atoms with van der Waals surface area (Å²) in [5.41, 5.74) is 7.72. The molecule has 0 spiro atoms. The van der Waals surface area contributed by atoms with Gasteiger partial charge in [-0.3, -0.25) is 14.4 Å². The Kier molecular flexibility index (Phi) is 12.0. The monoisotopic (exact) mass is 543 g/mol. The SMILES string of the molecule is CCC(C)C(N)C(=O)NC(CC(C)C)C(=O)NC(C(=O)NC(Cc1c[nH]c2ccccc12)C(=O)O)C(C)CC. The first-order valence-electron chi connectivity index (χ1n) is 13.8.